The van der Waals surface area contributed by atoms with Gasteiger partial charge < -0.3 is 20.8 Å². The quantitative estimate of drug-likeness (QED) is 0.571. The van der Waals surface area contributed by atoms with Crippen LogP contribution in [0.2, 0.25) is 0 Å². The second-order valence-electron chi connectivity index (χ2n) is 4.28. The van der Waals surface area contributed by atoms with Crippen LogP contribution in [-0.2, 0) is 17.1 Å². The normalized spacial score (nSPS) is 9.06. The van der Waals surface area contributed by atoms with Crippen LogP contribution in [0.15, 0.2) is 0 Å². The predicted molar refractivity (Wildman–Crippen MR) is 70.6 cm³/mol. The Morgan fingerprint density at radius 1 is 1.06 bits per heavy atom. The van der Waals surface area contributed by atoms with Crippen LogP contribution in [0.3, 0.4) is 0 Å². The van der Waals surface area contributed by atoms with Crippen LogP contribution in [0.1, 0.15) is 27.7 Å². The van der Waals surface area contributed by atoms with Crippen molar-refractivity contribution in [3.8, 4) is 0 Å². The van der Waals surface area contributed by atoms with Crippen LogP contribution >= 0.6 is 24.4 Å². The fraction of sp³-hybridized carbons (Fsp3) is 0.800. The van der Waals surface area contributed by atoms with Gasteiger partial charge in [0.05, 0.1) is 0 Å². The molecule has 0 bridgehead atoms. The number of nitrogens with zero attached hydrogens (tertiary/aromatic N) is 1. The Hall–Kier alpha value is -0.101. The summed E-state index contributed by atoms with van der Waals surface area (Å²) in [6, 6.07) is 0. The van der Waals surface area contributed by atoms with Gasteiger partial charge in [-0.2, -0.15) is 0 Å². The summed E-state index contributed by atoms with van der Waals surface area (Å²) in [5.41, 5.74) is 4.29. The summed E-state index contributed by atoms with van der Waals surface area (Å²) in [5, 5.41) is 19.0. The molecule has 0 aliphatic rings. The third kappa shape index (κ3) is 21.7. The van der Waals surface area contributed by atoms with Crippen LogP contribution in [0, 0.1) is 11.8 Å². The Bertz CT molecular complexity index is 212. The summed E-state index contributed by atoms with van der Waals surface area (Å²) < 4.78 is 0. The molecule has 4 nitrogen and oxygen atoms in total. The van der Waals surface area contributed by atoms with Gasteiger partial charge >= 0.3 is 17.1 Å². The summed E-state index contributed by atoms with van der Waals surface area (Å²) in [7, 11) is 0. The van der Waals surface area contributed by atoms with Gasteiger partial charge in [-0.15, -0.1) is 0 Å². The van der Waals surface area contributed by atoms with Crippen molar-refractivity contribution in [3.63, 3.8) is 0 Å². The van der Waals surface area contributed by atoms with Crippen molar-refractivity contribution in [1.82, 2.24) is 4.90 Å². The zero-order valence-electron chi connectivity index (χ0n) is 10.5. The number of hydrogen-bond donors (Lipinski definition) is 1. The minimum absolute atomic E-state index is 0. The van der Waals surface area contributed by atoms with Crippen molar-refractivity contribution in [2.45, 2.75) is 27.7 Å². The SMILES string of the molecule is CC(C)CN(CC(C)C)C([O-])=S.NC([O-])=S.[Cu+2]. The van der Waals surface area contributed by atoms with Gasteiger partial charge in [-0.05, 0) is 11.8 Å². The number of nitrogens with two attached hydrogens (primary N) is 1. The van der Waals surface area contributed by atoms with Gasteiger partial charge in [0.25, 0.3) is 0 Å². The molecule has 2 N–H and O–H groups in total. The number of rotatable bonds is 4. The van der Waals surface area contributed by atoms with E-state index in [1.165, 1.54) is 0 Å². The van der Waals surface area contributed by atoms with Crippen molar-refractivity contribution in [2.24, 2.45) is 17.6 Å². The molecule has 0 aromatic carbocycles. The minimum Gasteiger partial charge on any atom is -0.852 e. The van der Waals surface area contributed by atoms with E-state index >= 15 is 0 Å². The van der Waals surface area contributed by atoms with E-state index in [2.05, 4.69) is 57.9 Å². The first-order valence-corrected chi connectivity index (χ1v) is 5.90. The maximum absolute atomic E-state index is 11.0. The van der Waals surface area contributed by atoms with Crippen molar-refractivity contribution in [3.05, 3.63) is 0 Å². The van der Waals surface area contributed by atoms with Crippen molar-refractivity contribution in [2.75, 3.05) is 13.1 Å². The van der Waals surface area contributed by atoms with E-state index in [-0.39, 0.29) is 22.2 Å². The molecule has 0 heterocycles. The molecule has 0 spiro atoms. The maximum atomic E-state index is 11.0. The van der Waals surface area contributed by atoms with Gasteiger partial charge in [0.15, 0.2) is 0 Å². The molecule has 0 unspecified atom stereocenters. The van der Waals surface area contributed by atoms with Crippen molar-refractivity contribution >= 4 is 34.8 Å². The molecule has 0 saturated heterocycles. The largest absolute Gasteiger partial charge is 2.00 e. The topological polar surface area (TPSA) is 75.4 Å². The molecule has 0 saturated carbocycles. The first-order chi connectivity index (χ1) is 7.16. The third-order valence-corrected chi connectivity index (χ3v) is 1.69. The summed E-state index contributed by atoms with van der Waals surface area (Å²) >= 11 is 8.38. The molecule has 0 aliphatic heterocycles. The van der Waals surface area contributed by atoms with Crippen molar-refractivity contribution < 1.29 is 27.3 Å². The summed E-state index contributed by atoms with van der Waals surface area (Å²) in [6.07, 6.45) is 0. The van der Waals surface area contributed by atoms with E-state index in [4.69, 9.17) is 5.11 Å². The van der Waals surface area contributed by atoms with Crippen LogP contribution in [0.25, 0.3) is 0 Å². The molecular formula is C10H20CuN2O2S2. The molecule has 0 rings (SSSR count). The van der Waals surface area contributed by atoms with Gasteiger partial charge in [0, 0.05) is 23.4 Å². The molecule has 1 radical (unpaired) electrons. The fourth-order valence-corrected chi connectivity index (χ4v) is 1.25. The molecule has 17 heavy (non-hydrogen) atoms. The molecule has 0 amide bonds. The summed E-state index contributed by atoms with van der Waals surface area (Å²) in [5.74, 6) is 0.992. The van der Waals surface area contributed by atoms with E-state index in [0.717, 1.165) is 13.1 Å². The third-order valence-electron chi connectivity index (χ3n) is 1.43. The Morgan fingerprint density at radius 2 is 1.29 bits per heavy atom. The predicted octanol–water partition coefficient (Wildman–Crippen LogP) is -0.167. The minimum atomic E-state index is -0.750. The molecule has 0 fully saturated rings. The molecule has 0 atom stereocenters. The summed E-state index contributed by atoms with van der Waals surface area (Å²) in [6.45, 7) is 9.91. The smallest absolute Gasteiger partial charge is 0.852 e. The molecule has 0 aromatic heterocycles. The van der Waals surface area contributed by atoms with Crippen LogP contribution in [-0.4, -0.2) is 28.3 Å². The first-order valence-electron chi connectivity index (χ1n) is 5.09. The monoisotopic (exact) mass is 327 g/mol. The molecule has 7 heteroatoms. The molecule has 0 aliphatic carbocycles. The van der Waals surface area contributed by atoms with Crippen LogP contribution in [0.4, 0.5) is 0 Å². The Labute approximate surface area is 125 Å². The Kier molecular flexibility index (Phi) is 16.1. The van der Waals surface area contributed by atoms with E-state index < -0.39 is 5.17 Å². The van der Waals surface area contributed by atoms with E-state index in [0.29, 0.717) is 11.8 Å². The number of thiocarbonyl (C=S) groups is 2. The fourth-order valence-electron chi connectivity index (χ4n) is 1.11. The van der Waals surface area contributed by atoms with Gasteiger partial charge in [0.1, 0.15) is 0 Å². The zero-order valence-corrected chi connectivity index (χ0v) is 13.1. The van der Waals surface area contributed by atoms with E-state index in [1.807, 2.05) is 0 Å². The zero-order chi connectivity index (χ0) is 13.3. The van der Waals surface area contributed by atoms with Crippen LogP contribution < -0.4 is 15.9 Å². The van der Waals surface area contributed by atoms with Gasteiger partial charge in [-0.3, -0.25) is 0 Å². The second kappa shape index (κ2) is 12.4. The van der Waals surface area contributed by atoms with E-state index in [1.54, 1.807) is 4.90 Å². The Morgan fingerprint density at radius 3 is 1.41 bits per heavy atom. The van der Waals surface area contributed by atoms with Crippen LogP contribution in [0.5, 0.6) is 0 Å². The van der Waals surface area contributed by atoms with Gasteiger partial charge in [-0.1, -0.05) is 52.1 Å². The van der Waals surface area contributed by atoms with E-state index in [9.17, 15) is 5.11 Å². The average Bonchev–Trinajstić information content (AvgIpc) is 1.99. The Balaban J connectivity index is -0.000000340. The maximum Gasteiger partial charge on any atom is 2.00 e. The average molecular weight is 328 g/mol. The number of hydrogen-bond acceptors (Lipinski definition) is 4. The summed E-state index contributed by atoms with van der Waals surface area (Å²) in [4.78, 5) is 1.74. The van der Waals surface area contributed by atoms with Crippen molar-refractivity contribution in [1.29, 1.82) is 0 Å². The second-order valence-corrected chi connectivity index (χ2v) is 5.03. The first kappa shape index (κ1) is 22.1. The standard InChI is InChI=1S/C9H19NOS.CH3NOS.Cu/c1-7(2)5-10(9(11)12)6-8(3)4;2-1(3)4;/h7-8H,5-6H2,1-4H3,(H,11,12);(H3,2,3,4);/q;;+2/p-2. The van der Waals surface area contributed by atoms with Gasteiger partial charge in [0.2, 0.25) is 0 Å². The van der Waals surface area contributed by atoms with Gasteiger partial charge in [-0.25, -0.2) is 0 Å². The molecule has 105 valence electrons. The molecular weight excluding hydrogens is 308 g/mol. The molecule has 0 aromatic rings.